The van der Waals surface area contributed by atoms with E-state index in [1.54, 1.807) is 6.07 Å². The van der Waals surface area contributed by atoms with Crippen molar-refractivity contribution in [3.63, 3.8) is 0 Å². The van der Waals surface area contributed by atoms with Gasteiger partial charge in [0.05, 0.1) is 4.47 Å². The van der Waals surface area contributed by atoms with Crippen LogP contribution in [0.25, 0.3) is 0 Å². The first-order valence-corrected chi connectivity index (χ1v) is 7.03. The van der Waals surface area contributed by atoms with Crippen molar-refractivity contribution in [1.82, 2.24) is 0 Å². The number of halogens is 2. The number of carbonyl (C=O) groups is 1. The fraction of sp³-hybridized carbons (Fsp3) is 0.385. The molecule has 108 valence electrons. The lowest BCUT2D eigenvalue weighted by Crippen LogP contribution is -2.45. The van der Waals surface area contributed by atoms with Gasteiger partial charge in [0.15, 0.2) is 5.84 Å². The normalized spacial score (nSPS) is 18.0. The number of nitrogens with one attached hydrogen (secondary N) is 1. The van der Waals surface area contributed by atoms with Crippen LogP contribution in [0.4, 0.5) is 10.1 Å². The third-order valence-corrected chi connectivity index (χ3v) is 4.31. The van der Waals surface area contributed by atoms with E-state index in [0.29, 0.717) is 23.0 Å². The fourth-order valence-corrected chi connectivity index (χ4v) is 2.75. The number of anilines is 1. The highest BCUT2D eigenvalue weighted by atomic mass is 79.9. The number of hydrogen-bond donors (Lipinski definition) is 3. The predicted molar refractivity (Wildman–Crippen MR) is 77.0 cm³/mol. The second kappa shape index (κ2) is 5.78. The van der Waals surface area contributed by atoms with Gasteiger partial charge in [-0.2, -0.15) is 0 Å². The van der Waals surface area contributed by atoms with Crippen LogP contribution < -0.4 is 11.1 Å². The van der Waals surface area contributed by atoms with Crippen LogP contribution in [0.1, 0.15) is 25.7 Å². The molecule has 1 aromatic rings. The average Bonchev–Trinajstić information content (AvgIpc) is 2.93. The molecule has 1 aliphatic carbocycles. The summed E-state index contributed by atoms with van der Waals surface area (Å²) < 4.78 is 13.8. The first kappa shape index (κ1) is 14.8. The monoisotopic (exact) mass is 343 g/mol. The molecule has 0 unspecified atom stereocenters. The Morgan fingerprint density at radius 3 is 2.65 bits per heavy atom. The van der Waals surface area contributed by atoms with Crippen molar-refractivity contribution in [2.75, 3.05) is 5.32 Å². The van der Waals surface area contributed by atoms with Gasteiger partial charge in [-0.3, -0.25) is 4.79 Å². The number of benzene rings is 1. The topological polar surface area (TPSA) is 87.7 Å². The summed E-state index contributed by atoms with van der Waals surface area (Å²) in [5.41, 5.74) is 5.02. The molecule has 0 saturated heterocycles. The standard InChI is InChI=1S/C13H15BrFN3O2/c14-9-4-3-8(7-10(9)15)17-12(19)13(11(16)18-20)5-1-2-6-13/h3-4,7,20H,1-2,5-6H2,(H2,16,18)(H,17,19). The molecular weight excluding hydrogens is 329 g/mol. The molecule has 1 aliphatic rings. The molecule has 0 atom stereocenters. The molecule has 1 saturated carbocycles. The Kier molecular flexibility index (Phi) is 4.27. The van der Waals surface area contributed by atoms with Crippen LogP contribution in [0.2, 0.25) is 0 Å². The van der Waals surface area contributed by atoms with E-state index in [4.69, 9.17) is 10.9 Å². The SMILES string of the molecule is NC(=NO)C1(C(=O)Nc2ccc(Br)c(F)c2)CCCC1. The highest BCUT2D eigenvalue weighted by Crippen LogP contribution is 2.39. The lowest BCUT2D eigenvalue weighted by Gasteiger charge is -2.26. The van der Waals surface area contributed by atoms with Gasteiger partial charge in [-0.15, -0.1) is 0 Å². The van der Waals surface area contributed by atoms with Crippen LogP contribution in [0.5, 0.6) is 0 Å². The summed E-state index contributed by atoms with van der Waals surface area (Å²) in [7, 11) is 0. The van der Waals surface area contributed by atoms with Crippen molar-refractivity contribution in [2.24, 2.45) is 16.3 Å². The van der Waals surface area contributed by atoms with E-state index in [1.165, 1.54) is 12.1 Å². The van der Waals surface area contributed by atoms with Gasteiger partial charge in [0, 0.05) is 5.69 Å². The number of nitrogens with two attached hydrogens (primary N) is 1. The lowest BCUT2D eigenvalue weighted by atomic mass is 9.83. The van der Waals surface area contributed by atoms with Gasteiger partial charge in [0.2, 0.25) is 5.91 Å². The number of oxime groups is 1. The molecule has 0 radical (unpaired) electrons. The quantitative estimate of drug-likeness (QED) is 0.341. The van der Waals surface area contributed by atoms with Gasteiger partial charge in [-0.25, -0.2) is 4.39 Å². The molecule has 0 heterocycles. The third kappa shape index (κ3) is 2.63. The Balaban J connectivity index is 2.23. The molecule has 0 aromatic heterocycles. The number of amides is 1. The molecule has 1 fully saturated rings. The van der Waals surface area contributed by atoms with E-state index in [1.807, 2.05) is 0 Å². The highest BCUT2D eigenvalue weighted by molar-refractivity contribution is 9.10. The van der Waals surface area contributed by atoms with Crippen molar-refractivity contribution in [3.05, 3.63) is 28.5 Å². The second-order valence-corrected chi connectivity index (χ2v) is 5.71. The van der Waals surface area contributed by atoms with Gasteiger partial charge in [-0.1, -0.05) is 18.0 Å². The van der Waals surface area contributed by atoms with Gasteiger partial charge >= 0.3 is 0 Å². The summed E-state index contributed by atoms with van der Waals surface area (Å²) in [6, 6.07) is 4.31. The lowest BCUT2D eigenvalue weighted by molar-refractivity contribution is -0.122. The Bertz CT molecular complexity index is 557. The van der Waals surface area contributed by atoms with E-state index in [9.17, 15) is 9.18 Å². The highest BCUT2D eigenvalue weighted by Gasteiger charge is 2.45. The van der Waals surface area contributed by atoms with Crippen LogP contribution in [-0.4, -0.2) is 17.0 Å². The van der Waals surface area contributed by atoms with Crippen LogP contribution >= 0.6 is 15.9 Å². The van der Waals surface area contributed by atoms with Crippen LogP contribution in [-0.2, 0) is 4.79 Å². The van der Waals surface area contributed by atoms with E-state index < -0.39 is 11.2 Å². The Hall–Kier alpha value is -1.63. The molecule has 0 aliphatic heterocycles. The molecule has 20 heavy (non-hydrogen) atoms. The zero-order valence-corrected chi connectivity index (χ0v) is 12.3. The number of carbonyl (C=O) groups excluding carboxylic acids is 1. The summed E-state index contributed by atoms with van der Waals surface area (Å²) in [4.78, 5) is 12.4. The molecule has 2 rings (SSSR count). The van der Waals surface area contributed by atoms with Crippen molar-refractivity contribution in [2.45, 2.75) is 25.7 Å². The maximum absolute atomic E-state index is 13.4. The summed E-state index contributed by atoms with van der Waals surface area (Å²) >= 11 is 3.05. The minimum absolute atomic E-state index is 0.0925. The minimum Gasteiger partial charge on any atom is -0.409 e. The molecule has 0 spiro atoms. The van der Waals surface area contributed by atoms with E-state index in [0.717, 1.165) is 12.8 Å². The van der Waals surface area contributed by atoms with Gasteiger partial charge in [0.25, 0.3) is 0 Å². The molecular formula is C13H15BrFN3O2. The number of hydrogen-bond acceptors (Lipinski definition) is 3. The maximum atomic E-state index is 13.4. The third-order valence-electron chi connectivity index (χ3n) is 3.67. The number of amidine groups is 1. The first-order valence-electron chi connectivity index (χ1n) is 6.24. The van der Waals surface area contributed by atoms with Crippen LogP contribution in [0.3, 0.4) is 0 Å². The molecule has 0 bridgehead atoms. The van der Waals surface area contributed by atoms with Crippen molar-refractivity contribution in [3.8, 4) is 0 Å². The zero-order chi connectivity index (χ0) is 14.8. The molecule has 1 aromatic carbocycles. The Labute approximate surface area is 124 Å². The minimum atomic E-state index is -1.00. The Morgan fingerprint density at radius 2 is 2.10 bits per heavy atom. The van der Waals surface area contributed by atoms with Crippen molar-refractivity contribution >= 4 is 33.4 Å². The Morgan fingerprint density at radius 1 is 1.45 bits per heavy atom. The summed E-state index contributed by atoms with van der Waals surface area (Å²) in [6.45, 7) is 0. The molecule has 4 N–H and O–H groups in total. The predicted octanol–water partition coefficient (Wildman–Crippen LogP) is 2.83. The first-order chi connectivity index (χ1) is 9.49. The van der Waals surface area contributed by atoms with Gasteiger partial charge in [-0.05, 0) is 47.0 Å². The fourth-order valence-electron chi connectivity index (χ4n) is 2.50. The second-order valence-electron chi connectivity index (χ2n) is 4.86. The maximum Gasteiger partial charge on any atom is 0.238 e. The van der Waals surface area contributed by atoms with Crippen molar-refractivity contribution in [1.29, 1.82) is 0 Å². The summed E-state index contributed by atoms with van der Waals surface area (Å²) in [5, 5.41) is 14.5. The molecule has 7 heteroatoms. The van der Waals surface area contributed by atoms with E-state index >= 15 is 0 Å². The molecule has 5 nitrogen and oxygen atoms in total. The molecule has 1 amide bonds. The van der Waals surface area contributed by atoms with Crippen LogP contribution in [0.15, 0.2) is 27.8 Å². The van der Waals surface area contributed by atoms with E-state index in [-0.39, 0.29) is 11.7 Å². The average molecular weight is 344 g/mol. The van der Waals surface area contributed by atoms with Crippen LogP contribution in [0, 0.1) is 11.2 Å². The van der Waals surface area contributed by atoms with Gasteiger partial charge in [0.1, 0.15) is 11.2 Å². The zero-order valence-electron chi connectivity index (χ0n) is 10.7. The van der Waals surface area contributed by atoms with E-state index in [2.05, 4.69) is 26.4 Å². The largest absolute Gasteiger partial charge is 0.409 e. The van der Waals surface area contributed by atoms with Gasteiger partial charge < -0.3 is 16.3 Å². The summed E-state index contributed by atoms with van der Waals surface area (Å²) in [5.74, 6) is -0.927. The smallest absolute Gasteiger partial charge is 0.238 e. The summed E-state index contributed by atoms with van der Waals surface area (Å²) in [6.07, 6.45) is 2.71. The van der Waals surface area contributed by atoms with Crippen molar-refractivity contribution < 1.29 is 14.4 Å². The number of nitrogens with zero attached hydrogens (tertiary/aromatic N) is 1. The number of rotatable bonds is 3.